The molecule has 0 aliphatic heterocycles. The first-order valence-corrected chi connectivity index (χ1v) is 10.8. The molecule has 4 aromatic rings. The molecular weight excluding hydrogens is 408 g/mol. The molecule has 1 amide bonds. The van der Waals surface area contributed by atoms with E-state index in [1.54, 1.807) is 37.3 Å². The summed E-state index contributed by atoms with van der Waals surface area (Å²) in [6.07, 6.45) is 0. The fourth-order valence-electron chi connectivity index (χ4n) is 3.48. The van der Waals surface area contributed by atoms with Crippen molar-refractivity contribution in [2.45, 2.75) is 20.4 Å². The molecule has 158 valence electrons. The van der Waals surface area contributed by atoms with Crippen molar-refractivity contribution < 1.29 is 14.3 Å². The van der Waals surface area contributed by atoms with Gasteiger partial charge in [-0.25, -0.2) is 4.98 Å². The molecule has 0 unspecified atom stereocenters. The van der Waals surface area contributed by atoms with Crippen molar-refractivity contribution in [3.63, 3.8) is 0 Å². The average molecular weight is 433 g/mol. The molecule has 0 atom stereocenters. The standard InChI is InChI=1S/C25H24N2O3S/c1-16-13-20-22(14-17(16)2)31-25(26-20)27(15-18-9-6-5-7-10-18)24(28)19-11-8-12-21(29-3)23(19)30-4/h5-14H,15H2,1-4H3. The summed E-state index contributed by atoms with van der Waals surface area (Å²) in [5, 5.41) is 0.652. The first-order chi connectivity index (χ1) is 15.0. The number of amides is 1. The lowest BCUT2D eigenvalue weighted by Gasteiger charge is -2.22. The number of nitrogens with zero attached hydrogens (tertiary/aromatic N) is 2. The molecular formula is C25H24N2O3S. The van der Waals surface area contributed by atoms with E-state index in [0.29, 0.717) is 28.7 Å². The summed E-state index contributed by atoms with van der Waals surface area (Å²) in [7, 11) is 3.10. The van der Waals surface area contributed by atoms with Crippen LogP contribution in [0.5, 0.6) is 11.5 Å². The first kappa shape index (κ1) is 20.9. The number of hydrogen-bond acceptors (Lipinski definition) is 5. The minimum atomic E-state index is -0.188. The van der Waals surface area contributed by atoms with Crippen LogP contribution >= 0.6 is 11.3 Å². The number of rotatable bonds is 6. The van der Waals surface area contributed by atoms with Gasteiger partial charge in [-0.3, -0.25) is 9.69 Å². The number of carbonyl (C=O) groups excluding carboxylic acids is 1. The molecule has 0 saturated heterocycles. The predicted molar refractivity (Wildman–Crippen MR) is 126 cm³/mol. The maximum atomic E-state index is 13.8. The van der Waals surface area contributed by atoms with Gasteiger partial charge >= 0.3 is 0 Å². The second-order valence-corrected chi connectivity index (χ2v) is 8.33. The Morgan fingerprint density at radius 2 is 1.71 bits per heavy atom. The molecule has 4 rings (SSSR count). The number of para-hydroxylation sites is 1. The van der Waals surface area contributed by atoms with Gasteiger partial charge in [0.15, 0.2) is 16.6 Å². The molecule has 1 heterocycles. The Kier molecular flexibility index (Phi) is 5.91. The molecule has 3 aromatic carbocycles. The summed E-state index contributed by atoms with van der Waals surface area (Å²) in [6, 6.07) is 19.4. The fraction of sp³-hybridized carbons (Fsp3) is 0.200. The van der Waals surface area contributed by atoms with Gasteiger partial charge in [-0.2, -0.15) is 0 Å². The minimum Gasteiger partial charge on any atom is -0.493 e. The van der Waals surface area contributed by atoms with Crippen LogP contribution < -0.4 is 14.4 Å². The van der Waals surface area contributed by atoms with Crippen molar-refractivity contribution >= 4 is 32.6 Å². The van der Waals surface area contributed by atoms with E-state index in [9.17, 15) is 4.79 Å². The van der Waals surface area contributed by atoms with Crippen LogP contribution in [0, 0.1) is 13.8 Å². The number of anilines is 1. The third-order valence-electron chi connectivity index (χ3n) is 5.29. The average Bonchev–Trinajstić information content (AvgIpc) is 3.19. The number of hydrogen-bond donors (Lipinski definition) is 0. The van der Waals surface area contributed by atoms with Crippen molar-refractivity contribution in [1.29, 1.82) is 0 Å². The maximum Gasteiger partial charge on any atom is 0.264 e. The number of ether oxygens (including phenoxy) is 2. The lowest BCUT2D eigenvalue weighted by molar-refractivity contribution is 0.0981. The number of carbonyl (C=O) groups is 1. The Morgan fingerprint density at radius 1 is 0.968 bits per heavy atom. The third-order valence-corrected chi connectivity index (χ3v) is 6.33. The number of aryl methyl sites for hydroxylation is 2. The van der Waals surface area contributed by atoms with E-state index in [1.165, 1.54) is 22.5 Å². The van der Waals surface area contributed by atoms with Crippen LogP contribution in [0.3, 0.4) is 0 Å². The van der Waals surface area contributed by atoms with Crippen LogP contribution in [0.1, 0.15) is 27.0 Å². The van der Waals surface area contributed by atoms with E-state index in [0.717, 1.165) is 15.8 Å². The number of thiazole rings is 1. The van der Waals surface area contributed by atoms with Gasteiger partial charge < -0.3 is 9.47 Å². The zero-order chi connectivity index (χ0) is 22.0. The number of methoxy groups -OCH3 is 2. The largest absolute Gasteiger partial charge is 0.493 e. The number of benzene rings is 3. The van der Waals surface area contributed by atoms with Crippen molar-refractivity contribution in [3.05, 3.63) is 82.9 Å². The first-order valence-electron chi connectivity index (χ1n) is 9.96. The smallest absolute Gasteiger partial charge is 0.264 e. The van der Waals surface area contributed by atoms with Gasteiger partial charge in [0.1, 0.15) is 0 Å². The predicted octanol–water partition coefficient (Wildman–Crippen LogP) is 5.78. The zero-order valence-electron chi connectivity index (χ0n) is 18.0. The summed E-state index contributed by atoms with van der Waals surface area (Å²) in [5.41, 5.74) is 4.73. The summed E-state index contributed by atoms with van der Waals surface area (Å²) < 4.78 is 12.0. The second kappa shape index (κ2) is 8.78. The van der Waals surface area contributed by atoms with Crippen LogP contribution in [-0.4, -0.2) is 25.1 Å². The highest BCUT2D eigenvalue weighted by Gasteiger charge is 2.26. The van der Waals surface area contributed by atoms with E-state index in [4.69, 9.17) is 14.5 Å². The molecule has 0 bridgehead atoms. The molecule has 0 aliphatic carbocycles. The summed E-state index contributed by atoms with van der Waals surface area (Å²) in [5.74, 6) is 0.747. The molecule has 0 N–H and O–H groups in total. The maximum absolute atomic E-state index is 13.8. The Labute approximate surface area is 185 Å². The molecule has 0 saturated carbocycles. The Bertz CT molecular complexity index is 1200. The van der Waals surface area contributed by atoms with Gasteiger partial charge in [0.05, 0.1) is 36.5 Å². The van der Waals surface area contributed by atoms with Crippen molar-refractivity contribution in [3.8, 4) is 11.5 Å². The molecule has 31 heavy (non-hydrogen) atoms. The third kappa shape index (κ3) is 4.11. The quantitative estimate of drug-likeness (QED) is 0.388. The monoisotopic (exact) mass is 432 g/mol. The summed E-state index contributed by atoms with van der Waals surface area (Å²) in [6.45, 7) is 4.56. The number of fused-ring (bicyclic) bond motifs is 1. The minimum absolute atomic E-state index is 0.188. The van der Waals surface area contributed by atoms with Crippen LogP contribution in [0.2, 0.25) is 0 Å². The Morgan fingerprint density at radius 3 is 2.42 bits per heavy atom. The zero-order valence-corrected chi connectivity index (χ0v) is 18.8. The van der Waals surface area contributed by atoms with Crippen LogP contribution in [-0.2, 0) is 6.54 Å². The van der Waals surface area contributed by atoms with Gasteiger partial charge in [-0.1, -0.05) is 47.7 Å². The van der Waals surface area contributed by atoms with E-state index < -0.39 is 0 Å². The molecule has 0 aliphatic rings. The molecule has 5 nitrogen and oxygen atoms in total. The van der Waals surface area contributed by atoms with Crippen LogP contribution in [0.15, 0.2) is 60.7 Å². The van der Waals surface area contributed by atoms with E-state index in [1.807, 2.05) is 30.3 Å². The van der Waals surface area contributed by atoms with Gasteiger partial charge in [0.25, 0.3) is 5.91 Å². The highest BCUT2D eigenvalue weighted by atomic mass is 32.1. The lowest BCUT2D eigenvalue weighted by Crippen LogP contribution is -2.30. The molecule has 1 aromatic heterocycles. The van der Waals surface area contributed by atoms with Gasteiger partial charge in [-0.15, -0.1) is 0 Å². The summed E-state index contributed by atoms with van der Waals surface area (Å²) >= 11 is 1.52. The molecule has 0 fully saturated rings. The summed E-state index contributed by atoms with van der Waals surface area (Å²) in [4.78, 5) is 20.3. The molecule has 0 spiro atoms. The van der Waals surface area contributed by atoms with E-state index >= 15 is 0 Å². The molecule has 6 heteroatoms. The van der Waals surface area contributed by atoms with Crippen molar-refractivity contribution in [2.75, 3.05) is 19.1 Å². The SMILES string of the molecule is COc1cccc(C(=O)N(Cc2ccccc2)c2nc3cc(C)c(C)cc3s2)c1OC. The van der Waals surface area contributed by atoms with E-state index in [2.05, 4.69) is 26.0 Å². The number of aromatic nitrogens is 1. The van der Waals surface area contributed by atoms with Crippen molar-refractivity contribution in [1.82, 2.24) is 4.98 Å². The van der Waals surface area contributed by atoms with E-state index in [-0.39, 0.29) is 5.91 Å². The van der Waals surface area contributed by atoms with Gasteiger partial charge in [-0.05, 0) is 54.8 Å². The van der Waals surface area contributed by atoms with Crippen LogP contribution in [0.25, 0.3) is 10.2 Å². The highest BCUT2D eigenvalue weighted by Crippen LogP contribution is 2.36. The van der Waals surface area contributed by atoms with Crippen molar-refractivity contribution in [2.24, 2.45) is 0 Å². The van der Waals surface area contributed by atoms with Gasteiger partial charge in [0, 0.05) is 0 Å². The lowest BCUT2D eigenvalue weighted by atomic mass is 10.1. The highest BCUT2D eigenvalue weighted by molar-refractivity contribution is 7.22. The van der Waals surface area contributed by atoms with Gasteiger partial charge in [0.2, 0.25) is 0 Å². The topological polar surface area (TPSA) is 51.7 Å². The second-order valence-electron chi connectivity index (χ2n) is 7.32. The fourth-order valence-corrected chi connectivity index (χ4v) is 4.52. The Balaban J connectivity index is 1.83. The van der Waals surface area contributed by atoms with Crippen LogP contribution in [0.4, 0.5) is 5.13 Å². The molecule has 0 radical (unpaired) electrons. The normalized spacial score (nSPS) is 10.8. The Hall–Kier alpha value is -3.38.